The second-order valence-electron chi connectivity index (χ2n) is 27.2. The molecule has 20 nitrogen and oxygen atoms in total. The van der Waals surface area contributed by atoms with E-state index in [9.17, 15) is 16.8 Å². The normalized spacial score (nSPS) is 12.5. The van der Waals surface area contributed by atoms with Crippen LogP contribution in [0.15, 0.2) is 197 Å². The van der Waals surface area contributed by atoms with Gasteiger partial charge in [0.25, 0.3) is 0 Å². The van der Waals surface area contributed by atoms with Crippen LogP contribution in [0.5, 0.6) is 17.2 Å². The van der Waals surface area contributed by atoms with E-state index in [1.54, 1.807) is 91.7 Å². The molecule has 3 aromatic heterocycles. The Bertz CT molecular complexity index is 4980. The zero-order valence-corrected chi connectivity index (χ0v) is 64.3. The third-order valence-electron chi connectivity index (χ3n) is 18.8. The summed E-state index contributed by atoms with van der Waals surface area (Å²) in [5.74, 6) is 1.49. The molecule has 0 aliphatic rings. The molecule has 2 amide bonds. The number of nitrogens with zero attached hydrogens (tertiary/aromatic N) is 8. The number of aryl methyl sites for hydroxylation is 3. The van der Waals surface area contributed by atoms with Crippen molar-refractivity contribution < 1.29 is 54.8 Å². The molecule has 2 atom stereocenters. The highest BCUT2D eigenvalue weighted by molar-refractivity contribution is 7.91. The Kier molecular flexibility index (Phi) is 26.6. The maximum Gasteiger partial charge on any atom is 0.245 e. The first kappa shape index (κ1) is 77.7. The lowest BCUT2D eigenvalue weighted by molar-refractivity contribution is -0.147. The molecule has 11 aromatic rings. The fraction of sp³-hybridized carbons (Fsp3) is 0.361. The number of sulfone groups is 2. The Morgan fingerprint density at radius 1 is 0.500 bits per heavy atom. The van der Waals surface area contributed by atoms with Gasteiger partial charge in [0, 0.05) is 120 Å². The van der Waals surface area contributed by atoms with Crippen molar-refractivity contribution in [2.45, 2.75) is 144 Å². The van der Waals surface area contributed by atoms with Gasteiger partial charge in [0.05, 0.1) is 45.2 Å². The highest BCUT2D eigenvalue weighted by Crippen LogP contribution is 2.36. The number of hydrogen-bond acceptors (Lipinski definition) is 16. The minimum absolute atomic E-state index is 0.0318. The van der Waals surface area contributed by atoms with E-state index in [1.165, 1.54) is 0 Å². The zero-order valence-electron chi connectivity index (χ0n) is 61.7. The molecule has 0 spiro atoms. The molecule has 0 N–H and O–H groups in total. The quantitative estimate of drug-likeness (QED) is 0.0215. The summed E-state index contributed by atoms with van der Waals surface area (Å²) in [7, 11) is -2.93. The van der Waals surface area contributed by atoms with Crippen molar-refractivity contribution in [3.05, 3.63) is 216 Å². The third kappa shape index (κ3) is 19.2. The Hall–Kier alpha value is -9.36. The monoisotopic (exact) mass is 1490 g/mol. The van der Waals surface area contributed by atoms with Crippen LogP contribution in [-0.2, 0) is 55.6 Å². The first-order chi connectivity index (χ1) is 51.2. The molecule has 0 saturated carbocycles. The van der Waals surface area contributed by atoms with Crippen molar-refractivity contribution in [2.24, 2.45) is 0 Å². The van der Waals surface area contributed by atoms with Gasteiger partial charge in [-0.15, -0.1) is 12.6 Å². The van der Waals surface area contributed by atoms with E-state index in [4.69, 9.17) is 51.0 Å². The van der Waals surface area contributed by atoms with Gasteiger partial charge >= 0.3 is 0 Å². The molecule has 0 aliphatic heterocycles. The van der Waals surface area contributed by atoms with Crippen LogP contribution in [-0.4, -0.2) is 152 Å². The van der Waals surface area contributed by atoms with Gasteiger partial charge < -0.3 is 38.2 Å². The summed E-state index contributed by atoms with van der Waals surface area (Å²) >= 11 is 5.09. The number of carbonyl (C=O) groups is 2. The number of fused-ring (bicyclic) bond motifs is 3. The average molecular weight is 1490 g/mol. The topological polar surface area (TPSA) is 218 Å². The van der Waals surface area contributed by atoms with Gasteiger partial charge in [-0.1, -0.05) is 114 Å². The SMILES string of the molecule is COCCCN(CCCOC)C(=O)C(CCCC(Oc1ccc2nc(S(=O)(=O)Cc3ccccc3)n(-c3ccc(C)cc3)c2c1)Oc1cc(S)c2nc(Cc3ccccc3)n(-c3ccc(C)cc3)c2c1)N(CCCOC)C(=O)CCCCCOc1ccc2nc(S(=O)(=O)C(C)C)n(-c3ccc(C)cc3)c2c1. The van der Waals surface area contributed by atoms with E-state index in [-0.39, 0.29) is 53.7 Å². The minimum Gasteiger partial charge on any atom is -0.494 e. The molecule has 0 radical (unpaired) electrons. The Morgan fingerprint density at radius 2 is 1.01 bits per heavy atom. The van der Waals surface area contributed by atoms with Gasteiger partial charge in [0.1, 0.15) is 34.6 Å². The summed E-state index contributed by atoms with van der Waals surface area (Å²) < 4.78 is 99.2. The van der Waals surface area contributed by atoms with Gasteiger partial charge in [-0.25, -0.2) is 31.8 Å². The second kappa shape index (κ2) is 36.3. The van der Waals surface area contributed by atoms with E-state index >= 15 is 9.59 Å². The number of imidazole rings is 3. The highest BCUT2D eigenvalue weighted by atomic mass is 32.2. The number of ether oxygens (including phenoxy) is 6. The summed E-state index contributed by atoms with van der Waals surface area (Å²) in [5.41, 5.74) is 10.5. The van der Waals surface area contributed by atoms with Crippen LogP contribution in [0.4, 0.5) is 0 Å². The Morgan fingerprint density at radius 3 is 1.58 bits per heavy atom. The number of hydrogen-bond donors (Lipinski definition) is 1. The van der Waals surface area contributed by atoms with Gasteiger partial charge in [-0.3, -0.25) is 23.3 Å². The fourth-order valence-corrected chi connectivity index (χ4v) is 16.0. The molecule has 23 heteroatoms. The van der Waals surface area contributed by atoms with E-state index in [0.717, 1.165) is 39.3 Å². The molecule has 0 fully saturated rings. The molecular formula is C83H96N8O12S3. The fourth-order valence-electron chi connectivity index (χ4n) is 13.1. The number of benzene rings is 8. The molecule has 0 bridgehead atoms. The van der Waals surface area contributed by atoms with Crippen molar-refractivity contribution in [2.75, 3.05) is 67.4 Å². The smallest absolute Gasteiger partial charge is 0.245 e. The van der Waals surface area contributed by atoms with Gasteiger partial charge in [-0.05, 0) is 164 Å². The molecule has 3 heterocycles. The molecule has 8 aromatic carbocycles. The summed E-state index contributed by atoms with van der Waals surface area (Å²) in [6.45, 7) is 11.8. The number of carbonyl (C=O) groups excluding carboxylic acids is 2. The molecule has 0 aliphatic carbocycles. The van der Waals surface area contributed by atoms with E-state index < -0.39 is 37.3 Å². The molecule has 106 heavy (non-hydrogen) atoms. The van der Waals surface area contributed by atoms with Crippen LogP contribution >= 0.6 is 12.6 Å². The van der Waals surface area contributed by atoms with Crippen LogP contribution in [0.3, 0.4) is 0 Å². The summed E-state index contributed by atoms with van der Waals surface area (Å²) in [4.78, 5) is 49.6. The highest BCUT2D eigenvalue weighted by Gasteiger charge is 2.34. The van der Waals surface area contributed by atoms with E-state index in [0.29, 0.717) is 158 Å². The largest absolute Gasteiger partial charge is 0.494 e. The van der Waals surface area contributed by atoms with Crippen LogP contribution in [0.1, 0.15) is 112 Å². The number of amides is 2. The minimum atomic E-state index is -4.04. The predicted octanol–water partition coefficient (Wildman–Crippen LogP) is 15.4. The average Bonchev–Trinajstić information content (AvgIpc) is 1.61. The molecule has 11 rings (SSSR count). The van der Waals surface area contributed by atoms with Crippen molar-refractivity contribution in [1.29, 1.82) is 0 Å². The molecular weight excluding hydrogens is 1400 g/mol. The van der Waals surface area contributed by atoms with Crippen molar-refractivity contribution in [3.63, 3.8) is 0 Å². The Balaban J connectivity index is 0.906. The standard InChI is InChI=1S/C83H96N8O12S3/c1-58(2)106(96,97)83-85-71-43-41-67(53-73(71)91(83)66-39-33-61(5)34-40-66)101-51-17-11-16-27-78(92)88(47-21-50-100-8)72(81(93)87(45-19-48-98-6)46-20-49-99-7)26-18-28-79(103-69-55-75-80(76(104)56-69)86-77(52-62-22-12-9-13-23-62)89(75)64-35-29-59(3)30-36-64)102-68-42-44-70-74(54-68)90(65-37-31-60(4)32-38-65)82(84-70)105(94,95)57-63-24-14-10-15-25-63/h9-10,12-15,22-25,29-44,53-56,58,72,79,104H,11,16-21,26-28,45-52,57H2,1-8H3. The van der Waals surface area contributed by atoms with Crippen LogP contribution < -0.4 is 14.2 Å². The maximum atomic E-state index is 15.6. The number of aromatic nitrogens is 6. The Labute approximate surface area is 627 Å². The first-order valence-corrected chi connectivity index (χ1v) is 39.9. The van der Waals surface area contributed by atoms with E-state index in [1.807, 2.05) is 122 Å². The first-order valence-electron chi connectivity index (χ1n) is 36.3. The summed E-state index contributed by atoms with van der Waals surface area (Å²) in [6, 6.07) is 56.3. The third-order valence-corrected chi connectivity index (χ3v) is 22.7. The number of rotatable bonds is 39. The van der Waals surface area contributed by atoms with Crippen molar-refractivity contribution in [3.8, 4) is 34.3 Å². The zero-order chi connectivity index (χ0) is 74.9. The van der Waals surface area contributed by atoms with Gasteiger partial charge in [0.2, 0.25) is 48.1 Å². The van der Waals surface area contributed by atoms with Crippen molar-refractivity contribution in [1.82, 2.24) is 38.5 Å². The van der Waals surface area contributed by atoms with Crippen LogP contribution in [0, 0.1) is 20.8 Å². The lowest BCUT2D eigenvalue weighted by Crippen LogP contribution is -2.52. The second-order valence-corrected chi connectivity index (χ2v) is 31.9. The number of thiol groups is 1. The lowest BCUT2D eigenvalue weighted by Gasteiger charge is -2.35. The maximum absolute atomic E-state index is 15.6. The van der Waals surface area contributed by atoms with Gasteiger partial charge in [-0.2, -0.15) is 0 Å². The lowest BCUT2D eigenvalue weighted by atomic mass is 10.0. The molecule has 2 unspecified atom stereocenters. The number of unbranched alkanes of at least 4 members (excludes halogenated alkanes) is 2. The van der Waals surface area contributed by atoms with Crippen LogP contribution in [0.25, 0.3) is 50.2 Å². The molecule has 0 saturated heterocycles. The summed E-state index contributed by atoms with van der Waals surface area (Å²) in [6.07, 6.45) is 3.75. The van der Waals surface area contributed by atoms with E-state index in [2.05, 4.69) is 52.9 Å². The van der Waals surface area contributed by atoms with Crippen molar-refractivity contribution >= 4 is 77.2 Å². The molecule has 558 valence electrons. The summed E-state index contributed by atoms with van der Waals surface area (Å²) in [5, 5.41) is -0.844. The van der Waals surface area contributed by atoms with Crippen LogP contribution in [0.2, 0.25) is 0 Å². The van der Waals surface area contributed by atoms with Gasteiger partial charge in [0.15, 0.2) is 0 Å². The predicted molar refractivity (Wildman–Crippen MR) is 418 cm³/mol. The number of methoxy groups -OCH3 is 3.